The molecular formula is C13H8Br2O4. The van der Waals surface area contributed by atoms with E-state index < -0.39 is 11.8 Å². The lowest BCUT2D eigenvalue weighted by Gasteiger charge is -2.05. The van der Waals surface area contributed by atoms with Crippen LogP contribution in [0.2, 0.25) is 0 Å². The lowest BCUT2D eigenvalue weighted by molar-refractivity contribution is -0.133. The topological polar surface area (TPSA) is 63.6 Å². The van der Waals surface area contributed by atoms with Crippen LogP contribution >= 0.6 is 31.9 Å². The number of rotatable bonds is 2. The molecule has 0 unspecified atom stereocenters. The Morgan fingerprint density at radius 1 is 1.21 bits per heavy atom. The zero-order valence-electron chi connectivity index (χ0n) is 9.74. The number of carboxylic acid groups (broad SMARTS) is 1. The van der Waals surface area contributed by atoms with Crippen molar-refractivity contribution in [3.63, 3.8) is 0 Å². The normalized spacial score (nSPS) is 17.5. The Morgan fingerprint density at radius 3 is 2.32 bits per heavy atom. The van der Waals surface area contributed by atoms with Gasteiger partial charge in [0.25, 0.3) is 0 Å². The van der Waals surface area contributed by atoms with Gasteiger partial charge < -0.3 is 9.84 Å². The minimum absolute atomic E-state index is 0.117. The van der Waals surface area contributed by atoms with Crippen molar-refractivity contribution in [2.75, 3.05) is 0 Å². The molecule has 19 heavy (non-hydrogen) atoms. The summed E-state index contributed by atoms with van der Waals surface area (Å²) in [6, 6.07) is 7.16. The molecule has 1 heterocycles. The predicted octanol–water partition coefficient (Wildman–Crippen LogP) is 3.47. The number of ether oxygens (including phenoxy) is 1. The minimum Gasteiger partial charge on any atom is -0.478 e. The van der Waals surface area contributed by atoms with E-state index in [4.69, 9.17) is 9.84 Å². The number of Topliss-reactive ketones (excluding diaryl/α,β-unsaturated/α-hetero) is 1. The third kappa shape index (κ3) is 2.64. The van der Waals surface area contributed by atoms with E-state index in [2.05, 4.69) is 31.9 Å². The number of ketones is 1. The highest BCUT2D eigenvalue weighted by molar-refractivity contribution is 9.12. The third-order valence-corrected chi connectivity index (χ3v) is 3.83. The molecule has 1 N–H and O–H groups in total. The lowest BCUT2D eigenvalue weighted by atomic mass is 10.1. The van der Waals surface area contributed by atoms with Gasteiger partial charge in [0.05, 0.1) is 5.57 Å². The number of allylic oxidation sites excluding steroid dienone is 1. The number of benzene rings is 1. The Balaban J connectivity index is 2.45. The summed E-state index contributed by atoms with van der Waals surface area (Å²) in [5.74, 6) is -1.47. The van der Waals surface area contributed by atoms with Gasteiger partial charge in [-0.1, -0.05) is 28.1 Å². The maximum Gasteiger partial charge on any atom is 0.335 e. The lowest BCUT2D eigenvalue weighted by Crippen LogP contribution is -2.06. The van der Waals surface area contributed by atoms with Gasteiger partial charge in [0, 0.05) is 10.0 Å². The van der Waals surface area contributed by atoms with Gasteiger partial charge in [0.2, 0.25) is 5.78 Å². The quantitative estimate of drug-likeness (QED) is 0.789. The molecule has 1 aromatic rings. The predicted molar refractivity (Wildman–Crippen MR) is 76.4 cm³/mol. The van der Waals surface area contributed by atoms with Crippen molar-refractivity contribution in [1.29, 1.82) is 0 Å². The van der Waals surface area contributed by atoms with Crippen LogP contribution in [0, 0.1) is 0 Å². The van der Waals surface area contributed by atoms with Crippen LogP contribution in [-0.2, 0) is 14.3 Å². The molecule has 98 valence electrons. The second-order valence-corrected chi connectivity index (χ2v) is 5.55. The molecule has 0 aromatic heterocycles. The molecular weight excluding hydrogens is 380 g/mol. The number of carboxylic acids is 1. The average Bonchev–Trinajstić information content (AvgIpc) is 2.67. The second kappa shape index (κ2) is 5.30. The van der Waals surface area contributed by atoms with E-state index in [1.54, 1.807) is 12.1 Å². The summed E-state index contributed by atoms with van der Waals surface area (Å²) >= 11 is 6.46. The highest BCUT2D eigenvalue weighted by Gasteiger charge is 2.32. The van der Waals surface area contributed by atoms with E-state index in [1.807, 2.05) is 12.1 Å². The monoisotopic (exact) mass is 386 g/mol. The van der Waals surface area contributed by atoms with Gasteiger partial charge in [0.1, 0.15) is 4.48 Å². The number of halogens is 2. The van der Waals surface area contributed by atoms with Gasteiger partial charge in [-0.25, -0.2) is 4.79 Å². The number of carbonyl (C=O) groups is 2. The summed E-state index contributed by atoms with van der Waals surface area (Å²) in [6.07, 6.45) is 0. The fourth-order valence-corrected chi connectivity index (χ4v) is 2.28. The van der Waals surface area contributed by atoms with Crippen LogP contribution < -0.4 is 0 Å². The summed E-state index contributed by atoms with van der Waals surface area (Å²) in [5.41, 5.74) is 0.575. The first-order valence-corrected chi connectivity index (χ1v) is 6.83. The average molecular weight is 388 g/mol. The standard InChI is InChI=1S/C13H8Br2O4/c1-6(13(17)18)11-10(16)9(15)12(19-11)7-2-4-8(14)5-3-7/h2-5H,1H3,(H,17,18). The molecule has 0 aliphatic carbocycles. The highest BCUT2D eigenvalue weighted by Crippen LogP contribution is 2.37. The molecule has 1 aliphatic rings. The first kappa shape index (κ1) is 14.0. The van der Waals surface area contributed by atoms with Gasteiger partial charge >= 0.3 is 5.97 Å². The first-order chi connectivity index (χ1) is 8.91. The number of aliphatic carboxylic acids is 1. The summed E-state index contributed by atoms with van der Waals surface area (Å²) in [5, 5.41) is 8.91. The van der Waals surface area contributed by atoms with Crippen molar-refractivity contribution in [2.45, 2.75) is 6.92 Å². The molecule has 2 rings (SSSR count). The van der Waals surface area contributed by atoms with Gasteiger partial charge in [-0.15, -0.1) is 0 Å². The molecule has 0 amide bonds. The van der Waals surface area contributed by atoms with E-state index in [1.165, 1.54) is 6.92 Å². The van der Waals surface area contributed by atoms with Crippen LogP contribution in [0.15, 0.2) is 44.6 Å². The van der Waals surface area contributed by atoms with Crippen molar-refractivity contribution in [2.24, 2.45) is 0 Å². The Bertz CT molecular complexity index is 627. The van der Waals surface area contributed by atoms with E-state index in [0.29, 0.717) is 11.3 Å². The van der Waals surface area contributed by atoms with Crippen LogP contribution in [0.4, 0.5) is 0 Å². The second-order valence-electron chi connectivity index (χ2n) is 3.84. The van der Waals surface area contributed by atoms with E-state index in [-0.39, 0.29) is 15.8 Å². The fraction of sp³-hybridized carbons (Fsp3) is 0.0769. The minimum atomic E-state index is -1.18. The third-order valence-electron chi connectivity index (χ3n) is 2.58. The smallest absolute Gasteiger partial charge is 0.335 e. The zero-order chi connectivity index (χ0) is 14.2. The molecule has 0 saturated carbocycles. The molecule has 6 heteroatoms. The number of hydrogen-bond acceptors (Lipinski definition) is 3. The Hall–Kier alpha value is -1.40. The summed E-state index contributed by atoms with van der Waals surface area (Å²) in [4.78, 5) is 22.8. The van der Waals surface area contributed by atoms with Crippen LogP contribution in [-0.4, -0.2) is 16.9 Å². The van der Waals surface area contributed by atoms with E-state index in [0.717, 1.165) is 4.47 Å². The van der Waals surface area contributed by atoms with Crippen molar-refractivity contribution >= 4 is 49.4 Å². The van der Waals surface area contributed by atoms with Crippen LogP contribution in [0.5, 0.6) is 0 Å². The van der Waals surface area contributed by atoms with Crippen molar-refractivity contribution in [1.82, 2.24) is 0 Å². The van der Waals surface area contributed by atoms with E-state index in [9.17, 15) is 9.59 Å². The molecule has 0 spiro atoms. The highest BCUT2D eigenvalue weighted by atomic mass is 79.9. The van der Waals surface area contributed by atoms with Gasteiger partial charge in [0.15, 0.2) is 11.5 Å². The van der Waals surface area contributed by atoms with Gasteiger partial charge in [-0.05, 0) is 35.0 Å². The van der Waals surface area contributed by atoms with Crippen molar-refractivity contribution < 1.29 is 19.4 Å². The SMILES string of the molecule is CC(C(=O)O)=C1OC(c2ccc(Br)cc2)=C(Br)C1=O. The summed E-state index contributed by atoms with van der Waals surface area (Å²) < 4.78 is 6.53. The molecule has 1 aromatic carbocycles. The molecule has 0 bridgehead atoms. The van der Waals surface area contributed by atoms with Crippen LogP contribution in [0.3, 0.4) is 0 Å². The molecule has 0 atom stereocenters. The van der Waals surface area contributed by atoms with Gasteiger partial charge in [-0.2, -0.15) is 0 Å². The number of hydrogen-bond donors (Lipinski definition) is 1. The fourth-order valence-electron chi connectivity index (χ4n) is 1.53. The summed E-state index contributed by atoms with van der Waals surface area (Å²) in [7, 11) is 0. The van der Waals surface area contributed by atoms with Gasteiger partial charge in [-0.3, -0.25) is 4.79 Å². The molecule has 0 saturated heterocycles. The number of carbonyl (C=O) groups excluding carboxylic acids is 1. The van der Waals surface area contributed by atoms with Crippen molar-refractivity contribution in [3.05, 3.63) is 50.1 Å². The zero-order valence-corrected chi connectivity index (χ0v) is 12.9. The van der Waals surface area contributed by atoms with E-state index >= 15 is 0 Å². The van der Waals surface area contributed by atoms with Crippen LogP contribution in [0.1, 0.15) is 12.5 Å². The molecule has 4 nitrogen and oxygen atoms in total. The first-order valence-electron chi connectivity index (χ1n) is 5.24. The largest absolute Gasteiger partial charge is 0.478 e. The van der Waals surface area contributed by atoms with Crippen molar-refractivity contribution in [3.8, 4) is 0 Å². The van der Waals surface area contributed by atoms with Crippen LogP contribution in [0.25, 0.3) is 5.76 Å². The Morgan fingerprint density at radius 2 is 1.79 bits per heavy atom. The molecule has 1 aliphatic heterocycles. The maximum absolute atomic E-state index is 11.9. The summed E-state index contributed by atoms with van der Waals surface area (Å²) in [6.45, 7) is 1.33. The molecule has 0 fully saturated rings. The molecule has 0 radical (unpaired) electrons. The Labute approximate surface area is 126 Å². The maximum atomic E-state index is 11.9. The Kier molecular flexibility index (Phi) is 3.91.